The van der Waals surface area contributed by atoms with E-state index in [0.29, 0.717) is 12.2 Å². The maximum Gasteiger partial charge on any atom is 0.338 e. The van der Waals surface area contributed by atoms with Crippen LogP contribution < -0.4 is 0 Å². The Hall–Kier alpha value is -1.83. The molecule has 0 aliphatic heterocycles. The van der Waals surface area contributed by atoms with Crippen LogP contribution in [0.25, 0.3) is 5.57 Å². The second-order valence-electron chi connectivity index (χ2n) is 5.37. The second-order valence-corrected chi connectivity index (χ2v) is 5.37. The zero-order valence-electron chi connectivity index (χ0n) is 14.2. The van der Waals surface area contributed by atoms with Crippen molar-refractivity contribution in [3.8, 4) is 0 Å². The number of rotatable bonds is 9. The van der Waals surface area contributed by atoms with Crippen LogP contribution in [0.15, 0.2) is 42.5 Å². The van der Waals surface area contributed by atoms with E-state index in [1.165, 1.54) is 16.7 Å². The summed E-state index contributed by atoms with van der Waals surface area (Å²) in [6.07, 6.45) is 7.32. The van der Waals surface area contributed by atoms with Gasteiger partial charge in [-0.25, -0.2) is 4.79 Å². The number of esters is 1. The Balaban J connectivity index is 3.12. The lowest BCUT2D eigenvalue weighted by Crippen LogP contribution is -2.04. The maximum atomic E-state index is 11.7. The fourth-order valence-corrected chi connectivity index (χ4v) is 2.65. The molecule has 0 aromatic heterocycles. The summed E-state index contributed by atoms with van der Waals surface area (Å²) in [4.78, 5) is 11.7. The zero-order valence-corrected chi connectivity index (χ0v) is 14.2. The molecule has 0 atom stereocenters. The number of benzene rings is 1. The predicted octanol–water partition coefficient (Wildman–Crippen LogP) is 5.79. The van der Waals surface area contributed by atoms with E-state index in [-0.39, 0.29) is 5.97 Å². The summed E-state index contributed by atoms with van der Waals surface area (Å²) in [6, 6.07) is 7.80. The summed E-state index contributed by atoms with van der Waals surface area (Å²) in [6.45, 7) is 10.5. The lowest BCUT2D eigenvalue weighted by atomic mass is 9.91. The van der Waals surface area contributed by atoms with Crippen molar-refractivity contribution in [2.45, 2.75) is 52.9 Å². The van der Waals surface area contributed by atoms with Crippen molar-refractivity contribution in [3.05, 3.63) is 53.6 Å². The molecular formula is C20H28O2. The minimum Gasteiger partial charge on any atom is -0.462 e. The highest BCUT2D eigenvalue weighted by Crippen LogP contribution is 2.29. The van der Waals surface area contributed by atoms with Gasteiger partial charge in [0.2, 0.25) is 0 Å². The first-order valence-electron chi connectivity index (χ1n) is 8.27. The summed E-state index contributed by atoms with van der Waals surface area (Å²) in [5.74, 6) is -0.255. The van der Waals surface area contributed by atoms with Crippen LogP contribution in [-0.4, -0.2) is 12.6 Å². The summed E-state index contributed by atoms with van der Waals surface area (Å²) in [5, 5.41) is 0. The topological polar surface area (TPSA) is 26.3 Å². The van der Waals surface area contributed by atoms with Gasteiger partial charge in [-0.2, -0.15) is 0 Å². The first-order valence-corrected chi connectivity index (χ1v) is 8.27. The van der Waals surface area contributed by atoms with E-state index in [1.807, 2.05) is 37.3 Å². The van der Waals surface area contributed by atoms with Gasteiger partial charge in [-0.05, 0) is 49.5 Å². The van der Waals surface area contributed by atoms with E-state index in [2.05, 4.69) is 20.4 Å². The van der Waals surface area contributed by atoms with Crippen LogP contribution in [-0.2, 0) is 4.74 Å². The van der Waals surface area contributed by atoms with Crippen LogP contribution in [0.4, 0.5) is 0 Å². The van der Waals surface area contributed by atoms with Crippen molar-refractivity contribution < 1.29 is 9.53 Å². The lowest BCUT2D eigenvalue weighted by Gasteiger charge is -2.15. The lowest BCUT2D eigenvalue weighted by molar-refractivity contribution is 0.0526. The third-order valence-electron chi connectivity index (χ3n) is 3.61. The van der Waals surface area contributed by atoms with E-state index in [9.17, 15) is 4.79 Å². The van der Waals surface area contributed by atoms with E-state index in [1.54, 1.807) is 0 Å². The Morgan fingerprint density at radius 2 is 1.64 bits per heavy atom. The molecule has 1 aromatic carbocycles. The molecule has 0 saturated carbocycles. The average Bonchev–Trinajstić information content (AvgIpc) is 2.53. The molecule has 0 saturated heterocycles. The normalized spacial score (nSPS) is 11.8. The van der Waals surface area contributed by atoms with Gasteiger partial charge in [0.15, 0.2) is 0 Å². The number of allylic oxidation sites excluding steroid dienone is 3. The molecule has 0 heterocycles. The highest BCUT2D eigenvalue weighted by atomic mass is 16.5. The molecule has 22 heavy (non-hydrogen) atoms. The first-order chi connectivity index (χ1) is 10.7. The Bertz CT molecular complexity index is 509. The van der Waals surface area contributed by atoms with Crippen molar-refractivity contribution in [2.75, 3.05) is 6.61 Å². The number of carbonyl (C=O) groups excluding carboxylic acids is 1. The van der Waals surface area contributed by atoms with E-state index in [4.69, 9.17) is 4.74 Å². The average molecular weight is 300 g/mol. The van der Waals surface area contributed by atoms with Crippen LogP contribution in [0.1, 0.15) is 68.8 Å². The van der Waals surface area contributed by atoms with Crippen LogP contribution in [0, 0.1) is 0 Å². The smallest absolute Gasteiger partial charge is 0.338 e. The third-order valence-corrected chi connectivity index (χ3v) is 3.61. The van der Waals surface area contributed by atoms with E-state index < -0.39 is 0 Å². The molecule has 120 valence electrons. The van der Waals surface area contributed by atoms with Crippen LogP contribution in [0.3, 0.4) is 0 Å². The molecule has 0 N–H and O–H groups in total. The second kappa shape index (κ2) is 9.99. The highest BCUT2D eigenvalue weighted by Gasteiger charge is 2.10. The quantitative estimate of drug-likeness (QED) is 0.426. The fourth-order valence-electron chi connectivity index (χ4n) is 2.65. The molecule has 0 aliphatic rings. The van der Waals surface area contributed by atoms with Gasteiger partial charge in [-0.15, -0.1) is 6.58 Å². The number of hydrogen-bond donors (Lipinski definition) is 0. The molecule has 0 spiro atoms. The van der Waals surface area contributed by atoms with Gasteiger partial charge < -0.3 is 4.74 Å². The van der Waals surface area contributed by atoms with Crippen molar-refractivity contribution in [2.24, 2.45) is 0 Å². The van der Waals surface area contributed by atoms with Crippen molar-refractivity contribution in [3.63, 3.8) is 0 Å². The summed E-state index contributed by atoms with van der Waals surface area (Å²) < 4.78 is 5.04. The number of ether oxygens (including phenoxy) is 1. The largest absolute Gasteiger partial charge is 0.462 e. The molecule has 0 bridgehead atoms. The van der Waals surface area contributed by atoms with Crippen molar-refractivity contribution in [1.29, 1.82) is 0 Å². The van der Waals surface area contributed by atoms with Gasteiger partial charge in [-0.1, -0.05) is 50.5 Å². The van der Waals surface area contributed by atoms with Gasteiger partial charge in [0.1, 0.15) is 0 Å². The number of hydrogen-bond acceptors (Lipinski definition) is 2. The van der Waals surface area contributed by atoms with Crippen LogP contribution in [0.5, 0.6) is 0 Å². The predicted molar refractivity (Wildman–Crippen MR) is 93.9 cm³/mol. The van der Waals surface area contributed by atoms with Gasteiger partial charge >= 0.3 is 5.97 Å². The van der Waals surface area contributed by atoms with Gasteiger partial charge in [0, 0.05) is 0 Å². The molecule has 1 rings (SSSR count). The summed E-state index contributed by atoms with van der Waals surface area (Å²) in [7, 11) is 0. The van der Waals surface area contributed by atoms with Gasteiger partial charge in [-0.3, -0.25) is 0 Å². The van der Waals surface area contributed by atoms with Gasteiger partial charge in [0.05, 0.1) is 12.2 Å². The number of carbonyl (C=O) groups is 1. The fraction of sp³-hybridized carbons (Fsp3) is 0.450. The molecule has 0 aliphatic carbocycles. The Morgan fingerprint density at radius 3 is 2.14 bits per heavy atom. The molecule has 0 fully saturated rings. The molecule has 2 nitrogen and oxygen atoms in total. The Morgan fingerprint density at radius 1 is 1.05 bits per heavy atom. The van der Waals surface area contributed by atoms with Crippen molar-refractivity contribution in [1.82, 2.24) is 0 Å². The van der Waals surface area contributed by atoms with E-state index >= 15 is 0 Å². The van der Waals surface area contributed by atoms with Crippen LogP contribution in [0.2, 0.25) is 0 Å². The monoisotopic (exact) mass is 300 g/mol. The minimum absolute atomic E-state index is 0.255. The molecule has 0 radical (unpaired) electrons. The first kappa shape index (κ1) is 18.2. The van der Waals surface area contributed by atoms with Crippen LogP contribution >= 0.6 is 0 Å². The van der Waals surface area contributed by atoms with E-state index in [0.717, 1.165) is 32.1 Å². The maximum absolute atomic E-state index is 11.7. The summed E-state index contributed by atoms with van der Waals surface area (Å²) >= 11 is 0. The molecule has 0 unspecified atom stereocenters. The Labute approximate surface area is 134 Å². The standard InChI is InChI=1S/C20H28O2/c1-5-9-16(10-6-2)19(11-7-3)17-12-14-18(15-13-17)20(21)22-8-4/h5,12-15H,1,6-11H2,2-4H3/b19-16+. The molecular weight excluding hydrogens is 272 g/mol. The third kappa shape index (κ3) is 5.18. The molecule has 0 amide bonds. The Kier molecular flexibility index (Phi) is 8.27. The zero-order chi connectivity index (χ0) is 16.4. The molecule has 1 aromatic rings. The van der Waals surface area contributed by atoms with Gasteiger partial charge in [0.25, 0.3) is 0 Å². The van der Waals surface area contributed by atoms with Crippen molar-refractivity contribution >= 4 is 11.5 Å². The molecule has 2 heteroatoms. The SMILES string of the molecule is C=CC/C(CCC)=C(/CCC)c1ccc(C(=O)OCC)cc1. The highest BCUT2D eigenvalue weighted by molar-refractivity contribution is 5.89. The summed E-state index contributed by atoms with van der Waals surface area (Å²) in [5.41, 5.74) is 4.69. The minimum atomic E-state index is -0.255.